The number of nitrogens with one attached hydrogen (secondary N) is 1. The van der Waals surface area contributed by atoms with Gasteiger partial charge in [-0.1, -0.05) is 0 Å². The van der Waals surface area contributed by atoms with Gasteiger partial charge >= 0.3 is 6.01 Å². The van der Waals surface area contributed by atoms with Crippen molar-refractivity contribution in [1.29, 1.82) is 0 Å². The first-order chi connectivity index (χ1) is 20.4. The third kappa shape index (κ3) is 4.26. The van der Waals surface area contributed by atoms with Gasteiger partial charge in [-0.15, -0.1) is 11.8 Å². The summed E-state index contributed by atoms with van der Waals surface area (Å²) < 4.78 is 23.3. The SMILES string of the molecule is Cc1cc2c(c(-c3ncc4c(N5CC6CCC(C5)N6)nc(OCC56CCCN5CCC6)nc4c3F)c1C)N=C(N)CS2. The number of nitrogens with zero attached hydrogens (tertiary/aromatic N) is 6. The summed E-state index contributed by atoms with van der Waals surface area (Å²) in [5.41, 5.74) is 10.0. The number of thioether (sulfide) groups is 1. The van der Waals surface area contributed by atoms with Crippen molar-refractivity contribution in [2.24, 2.45) is 10.7 Å². The number of aryl methyl sites for hydroxylation is 1. The lowest BCUT2D eigenvalue weighted by molar-refractivity contribution is 0.108. The van der Waals surface area contributed by atoms with E-state index in [-0.39, 0.29) is 22.8 Å². The molecule has 5 aliphatic rings. The van der Waals surface area contributed by atoms with Crippen LogP contribution in [0.4, 0.5) is 15.9 Å². The smallest absolute Gasteiger partial charge is 0.319 e. The van der Waals surface area contributed by atoms with Crippen LogP contribution < -0.4 is 20.7 Å². The number of amidine groups is 1. The Kier molecular flexibility index (Phi) is 6.35. The Hall–Kier alpha value is -3.02. The summed E-state index contributed by atoms with van der Waals surface area (Å²) in [5.74, 6) is 1.38. The molecule has 0 radical (unpaired) electrons. The number of anilines is 1. The van der Waals surface area contributed by atoms with Crippen molar-refractivity contribution in [3.8, 4) is 17.3 Å². The Labute approximate surface area is 249 Å². The number of pyridine rings is 1. The van der Waals surface area contributed by atoms with Crippen LogP contribution in [-0.2, 0) is 0 Å². The van der Waals surface area contributed by atoms with E-state index < -0.39 is 5.82 Å². The van der Waals surface area contributed by atoms with Crippen molar-refractivity contribution in [3.05, 3.63) is 29.2 Å². The van der Waals surface area contributed by atoms with Gasteiger partial charge in [-0.25, -0.2) is 9.38 Å². The zero-order valence-electron chi connectivity index (χ0n) is 24.2. The van der Waals surface area contributed by atoms with E-state index in [2.05, 4.69) is 26.2 Å². The second-order valence-electron chi connectivity index (χ2n) is 12.7. The second kappa shape index (κ2) is 10.0. The van der Waals surface area contributed by atoms with E-state index in [1.807, 2.05) is 13.8 Å². The molecule has 0 amide bonds. The molecule has 4 fully saturated rings. The number of benzene rings is 1. The zero-order chi connectivity index (χ0) is 28.6. The van der Waals surface area contributed by atoms with Crippen LogP contribution in [-0.4, -0.2) is 81.8 Å². The number of nitrogens with two attached hydrogens (primary N) is 1. The average molecular weight is 589 g/mol. The number of piperazine rings is 1. The Bertz CT molecular complexity index is 1610. The van der Waals surface area contributed by atoms with Crippen LogP contribution >= 0.6 is 11.8 Å². The van der Waals surface area contributed by atoms with E-state index >= 15 is 4.39 Å². The van der Waals surface area contributed by atoms with Gasteiger partial charge in [0, 0.05) is 41.8 Å². The Morgan fingerprint density at radius 2 is 1.90 bits per heavy atom. The van der Waals surface area contributed by atoms with Gasteiger partial charge < -0.3 is 20.7 Å². The number of hydrogen-bond donors (Lipinski definition) is 2. The molecule has 9 nitrogen and oxygen atoms in total. The van der Waals surface area contributed by atoms with E-state index in [0.717, 1.165) is 67.9 Å². The lowest BCUT2D eigenvalue weighted by Crippen LogP contribution is -2.51. The molecule has 1 aromatic carbocycles. The predicted octanol–water partition coefficient (Wildman–Crippen LogP) is 4.49. The number of rotatable bonds is 5. The summed E-state index contributed by atoms with van der Waals surface area (Å²) in [6, 6.07) is 3.16. The number of hydrogen-bond acceptors (Lipinski definition) is 10. The predicted molar refractivity (Wildman–Crippen MR) is 165 cm³/mol. The highest BCUT2D eigenvalue weighted by Crippen LogP contribution is 2.46. The maximum atomic E-state index is 16.8. The third-order valence-electron chi connectivity index (χ3n) is 10.1. The Morgan fingerprint density at radius 1 is 1.14 bits per heavy atom. The van der Waals surface area contributed by atoms with E-state index in [1.165, 1.54) is 12.8 Å². The van der Waals surface area contributed by atoms with Crippen LogP contribution in [0, 0.1) is 19.7 Å². The molecule has 0 saturated carbocycles. The highest BCUT2D eigenvalue weighted by Gasteiger charge is 2.45. The second-order valence-corrected chi connectivity index (χ2v) is 13.7. The maximum Gasteiger partial charge on any atom is 0.319 e. The summed E-state index contributed by atoms with van der Waals surface area (Å²) in [4.78, 5) is 24.9. The molecule has 2 bridgehead atoms. The maximum absolute atomic E-state index is 16.8. The van der Waals surface area contributed by atoms with E-state index in [1.54, 1.807) is 18.0 Å². The number of fused-ring (bicyclic) bond motifs is 5. The summed E-state index contributed by atoms with van der Waals surface area (Å²) in [5, 5.41) is 4.30. The monoisotopic (exact) mass is 588 g/mol. The summed E-state index contributed by atoms with van der Waals surface area (Å²) in [6.45, 7) is 8.43. The Balaban J connectivity index is 1.26. The minimum Gasteiger partial charge on any atom is -0.461 e. The lowest BCUT2D eigenvalue weighted by Gasteiger charge is -2.34. The van der Waals surface area contributed by atoms with Gasteiger partial charge in [0.25, 0.3) is 0 Å². The fourth-order valence-electron chi connectivity index (χ4n) is 7.84. The molecule has 2 aromatic heterocycles. The molecule has 7 heterocycles. The first kappa shape index (κ1) is 26.6. The molecule has 2 atom stereocenters. The lowest BCUT2D eigenvalue weighted by atomic mass is 9.95. The molecule has 220 valence electrons. The van der Waals surface area contributed by atoms with Crippen LogP contribution in [0.2, 0.25) is 0 Å². The van der Waals surface area contributed by atoms with Gasteiger partial charge in [0.2, 0.25) is 0 Å². The van der Waals surface area contributed by atoms with Crippen molar-refractivity contribution in [2.45, 2.75) is 74.9 Å². The topological polar surface area (TPSA) is 105 Å². The van der Waals surface area contributed by atoms with Crippen molar-refractivity contribution in [3.63, 3.8) is 0 Å². The van der Waals surface area contributed by atoms with Crippen molar-refractivity contribution >= 4 is 40.0 Å². The fourth-order valence-corrected chi connectivity index (χ4v) is 8.75. The molecule has 4 saturated heterocycles. The van der Waals surface area contributed by atoms with Gasteiger partial charge in [-0.2, -0.15) is 9.97 Å². The quantitative estimate of drug-likeness (QED) is 0.446. The average Bonchev–Trinajstić information content (AvgIpc) is 3.67. The van der Waals surface area contributed by atoms with Crippen molar-refractivity contribution < 1.29 is 9.13 Å². The molecule has 0 spiro atoms. The summed E-state index contributed by atoms with van der Waals surface area (Å²) in [6.07, 6.45) is 8.64. The third-order valence-corrected chi connectivity index (χ3v) is 11.2. The van der Waals surface area contributed by atoms with Crippen LogP contribution in [0.25, 0.3) is 22.2 Å². The van der Waals surface area contributed by atoms with Crippen LogP contribution in [0.5, 0.6) is 6.01 Å². The van der Waals surface area contributed by atoms with E-state index in [4.69, 9.17) is 25.4 Å². The molecule has 8 rings (SSSR count). The number of ether oxygens (including phenoxy) is 1. The summed E-state index contributed by atoms with van der Waals surface area (Å²) in [7, 11) is 0. The van der Waals surface area contributed by atoms with Crippen LogP contribution in [0.15, 0.2) is 22.2 Å². The molecule has 0 aliphatic carbocycles. The largest absolute Gasteiger partial charge is 0.461 e. The molecule has 5 aliphatic heterocycles. The molecular weight excluding hydrogens is 551 g/mol. The first-order valence-electron chi connectivity index (χ1n) is 15.2. The van der Waals surface area contributed by atoms with Gasteiger partial charge in [0.05, 0.1) is 22.4 Å². The van der Waals surface area contributed by atoms with Crippen LogP contribution in [0.1, 0.15) is 49.7 Å². The minimum absolute atomic E-state index is 0.0436. The van der Waals surface area contributed by atoms with Gasteiger partial charge in [-0.3, -0.25) is 9.88 Å². The van der Waals surface area contributed by atoms with Gasteiger partial charge in [0.15, 0.2) is 5.82 Å². The van der Waals surface area contributed by atoms with Gasteiger partial charge in [0.1, 0.15) is 29.5 Å². The minimum atomic E-state index is -0.471. The van der Waals surface area contributed by atoms with Crippen molar-refractivity contribution in [1.82, 2.24) is 25.2 Å². The van der Waals surface area contributed by atoms with E-state index in [9.17, 15) is 0 Å². The standard InChI is InChI=1S/C31H37FN8OS/c1-17-11-22-27(36-23(33)15-42-22)24(18(17)2)28-25(32)26-21(12-34-28)29(39-13-19-5-6-20(14-39)35-19)38-30(37-26)41-16-31-7-3-9-40(31)10-4-8-31/h11-12,19-20,35H,3-10,13-16H2,1-2H3,(H2,33,36). The first-order valence-corrected chi connectivity index (χ1v) is 16.2. The highest BCUT2D eigenvalue weighted by molar-refractivity contribution is 8.00. The molecule has 3 aromatic rings. The Morgan fingerprint density at radius 3 is 2.67 bits per heavy atom. The molecule has 2 unspecified atom stereocenters. The number of halogens is 1. The molecule has 42 heavy (non-hydrogen) atoms. The zero-order valence-corrected chi connectivity index (χ0v) is 25.1. The van der Waals surface area contributed by atoms with Gasteiger partial charge in [-0.05, 0) is 82.7 Å². The summed E-state index contributed by atoms with van der Waals surface area (Å²) >= 11 is 1.63. The fraction of sp³-hybridized carbons (Fsp3) is 0.548. The van der Waals surface area contributed by atoms with Crippen LogP contribution in [0.3, 0.4) is 0 Å². The normalized spacial score (nSPS) is 24.6. The number of aromatic nitrogens is 3. The molecular formula is C31H37FN8OS. The van der Waals surface area contributed by atoms with E-state index in [0.29, 0.717) is 52.7 Å². The molecule has 11 heteroatoms. The number of aliphatic imine (C=N–C) groups is 1. The van der Waals surface area contributed by atoms with Crippen molar-refractivity contribution in [2.75, 3.05) is 43.4 Å². The highest BCUT2D eigenvalue weighted by atomic mass is 32.2. The molecule has 3 N–H and O–H groups in total.